The Morgan fingerprint density at radius 2 is 2.07 bits per heavy atom. The fourth-order valence-corrected chi connectivity index (χ4v) is 1.84. The minimum atomic E-state index is 0.365. The quantitative estimate of drug-likeness (QED) is 0.783. The summed E-state index contributed by atoms with van der Waals surface area (Å²) in [7, 11) is 0. The third-order valence-electron chi connectivity index (χ3n) is 2.93. The monoisotopic (exact) mass is 206 g/mol. The van der Waals surface area contributed by atoms with Crippen molar-refractivity contribution in [3.8, 4) is 0 Å². The van der Waals surface area contributed by atoms with E-state index in [0.29, 0.717) is 6.04 Å². The second kappa shape index (κ2) is 4.57. The number of anilines is 1. The molecule has 1 fully saturated rings. The van der Waals surface area contributed by atoms with E-state index in [1.165, 1.54) is 0 Å². The van der Waals surface area contributed by atoms with Crippen molar-refractivity contribution >= 4 is 5.82 Å². The highest BCUT2D eigenvalue weighted by Gasteiger charge is 2.17. The molecule has 1 aromatic rings. The second-order valence-electron chi connectivity index (χ2n) is 4.06. The molecular weight excluding hydrogens is 188 g/mol. The highest BCUT2D eigenvalue weighted by molar-refractivity contribution is 5.37. The zero-order valence-corrected chi connectivity index (χ0v) is 9.19. The van der Waals surface area contributed by atoms with Crippen LogP contribution in [0.25, 0.3) is 0 Å². The molecule has 4 nitrogen and oxygen atoms in total. The van der Waals surface area contributed by atoms with Gasteiger partial charge in [0.15, 0.2) is 5.82 Å². The largest absolute Gasteiger partial charge is 0.355 e. The third kappa shape index (κ3) is 2.45. The zero-order chi connectivity index (χ0) is 10.7. The maximum absolute atomic E-state index is 5.86. The summed E-state index contributed by atoms with van der Waals surface area (Å²) in [6, 6.07) is 4.48. The van der Waals surface area contributed by atoms with E-state index in [1.54, 1.807) is 0 Å². The van der Waals surface area contributed by atoms with Gasteiger partial charge < -0.3 is 10.6 Å². The highest BCUT2D eigenvalue weighted by Crippen LogP contribution is 2.16. The van der Waals surface area contributed by atoms with Crippen molar-refractivity contribution < 1.29 is 0 Å². The Morgan fingerprint density at radius 3 is 2.60 bits per heavy atom. The van der Waals surface area contributed by atoms with Gasteiger partial charge in [-0.1, -0.05) is 6.92 Å². The molecule has 82 valence electrons. The van der Waals surface area contributed by atoms with Crippen molar-refractivity contribution in [3.63, 3.8) is 0 Å². The molecule has 0 unspecified atom stereocenters. The summed E-state index contributed by atoms with van der Waals surface area (Å²) < 4.78 is 0. The summed E-state index contributed by atoms with van der Waals surface area (Å²) in [5.74, 6) is 0.985. The number of nitrogens with zero attached hydrogens (tertiary/aromatic N) is 3. The summed E-state index contributed by atoms with van der Waals surface area (Å²) in [4.78, 5) is 2.26. The topological polar surface area (TPSA) is 55.0 Å². The Morgan fingerprint density at radius 1 is 1.33 bits per heavy atom. The van der Waals surface area contributed by atoms with Crippen LogP contribution in [0, 0.1) is 0 Å². The summed E-state index contributed by atoms with van der Waals surface area (Å²) in [5, 5.41) is 8.40. The lowest BCUT2D eigenvalue weighted by Crippen LogP contribution is -2.40. The van der Waals surface area contributed by atoms with Crippen LogP contribution in [0.5, 0.6) is 0 Å². The average Bonchev–Trinajstić information content (AvgIpc) is 2.30. The highest BCUT2D eigenvalue weighted by atomic mass is 15.3. The first-order valence-corrected chi connectivity index (χ1v) is 5.62. The summed E-state index contributed by atoms with van der Waals surface area (Å²) in [5.41, 5.74) is 6.91. The normalized spacial score (nSPS) is 18.1. The molecule has 15 heavy (non-hydrogen) atoms. The maximum Gasteiger partial charge on any atom is 0.151 e. The molecule has 1 aliphatic rings. The van der Waals surface area contributed by atoms with Gasteiger partial charge in [-0.2, -0.15) is 5.10 Å². The average molecular weight is 206 g/mol. The van der Waals surface area contributed by atoms with Gasteiger partial charge >= 0.3 is 0 Å². The fourth-order valence-electron chi connectivity index (χ4n) is 1.84. The van der Waals surface area contributed by atoms with Crippen molar-refractivity contribution in [2.24, 2.45) is 5.73 Å². The predicted octanol–water partition coefficient (Wildman–Crippen LogP) is 0.967. The van der Waals surface area contributed by atoms with Crippen molar-refractivity contribution in [1.29, 1.82) is 0 Å². The first kappa shape index (κ1) is 10.4. The van der Waals surface area contributed by atoms with Crippen LogP contribution in [0.15, 0.2) is 12.1 Å². The molecule has 1 saturated heterocycles. The van der Waals surface area contributed by atoms with Crippen molar-refractivity contribution in [3.05, 3.63) is 17.8 Å². The molecule has 0 amide bonds. The molecule has 4 heteroatoms. The first-order valence-electron chi connectivity index (χ1n) is 5.62. The lowest BCUT2D eigenvalue weighted by atomic mass is 10.1. The summed E-state index contributed by atoms with van der Waals surface area (Å²) in [6.07, 6.45) is 3.05. The van der Waals surface area contributed by atoms with E-state index >= 15 is 0 Å². The van der Waals surface area contributed by atoms with Crippen LogP contribution in [-0.2, 0) is 6.42 Å². The molecule has 1 aliphatic heterocycles. The minimum Gasteiger partial charge on any atom is -0.355 e. The lowest BCUT2D eigenvalue weighted by Gasteiger charge is -2.30. The number of rotatable bonds is 2. The molecule has 0 spiro atoms. The van der Waals surface area contributed by atoms with E-state index < -0.39 is 0 Å². The molecule has 2 heterocycles. The molecule has 2 N–H and O–H groups in total. The summed E-state index contributed by atoms with van der Waals surface area (Å²) >= 11 is 0. The Labute approximate surface area is 90.5 Å². The van der Waals surface area contributed by atoms with E-state index in [1.807, 2.05) is 0 Å². The van der Waals surface area contributed by atoms with Crippen molar-refractivity contribution in [2.75, 3.05) is 18.0 Å². The molecule has 0 saturated carbocycles. The van der Waals surface area contributed by atoms with Gasteiger partial charge in [-0.15, -0.1) is 5.10 Å². The molecular formula is C11H18N4. The standard InChI is InChI=1S/C11H18N4/c1-2-10-3-4-11(14-13-10)15-7-5-9(12)6-8-15/h3-4,9H,2,5-8,12H2,1H3. The molecule has 0 radical (unpaired) electrons. The number of piperidine rings is 1. The molecule has 0 aliphatic carbocycles. The first-order chi connectivity index (χ1) is 7.29. The second-order valence-corrected chi connectivity index (χ2v) is 4.06. The summed E-state index contributed by atoms with van der Waals surface area (Å²) in [6.45, 7) is 4.09. The van der Waals surface area contributed by atoms with Crippen molar-refractivity contribution in [1.82, 2.24) is 10.2 Å². The molecule has 0 bridgehead atoms. The molecule has 2 rings (SSSR count). The molecule has 1 aromatic heterocycles. The van der Waals surface area contributed by atoms with Gasteiger partial charge in [0.05, 0.1) is 5.69 Å². The Bertz CT molecular complexity index is 301. The van der Waals surface area contributed by atoms with E-state index in [-0.39, 0.29) is 0 Å². The van der Waals surface area contributed by atoms with E-state index in [0.717, 1.165) is 43.9 Å². The van der Waals surface area contributed by atoms with Gasteiger partial charge in [-0.05, 0) is 31.4 Å². The SMILES string of the molecule is CCc1ccc(N2CCC(N)CC2)nn1. The van der Waals surface area contributed by atoms with Gasteiger partial charge in [-0.3, -0.25) is 0 Å². The number of nitrogens with two attached hydrogens (primary N) is 1. The smallest absolute Gasteiger partial charge is 0.151 e. The lowest BCUT2D eigenvalue weighted by molar-refractivity contribution is 0.497. The van der Waals surface area contributed by atoms with Gasteiger partial charge in [0.25, 0.3) is 0 Å². The van der Waals surface area contributed by atoms with Gasteiger partial charge in [0.1, 0.15) is 0 Å². The number of hydrogen-bond acceptors (Lipinski definition) is 4. The van der Waals surface area contributed by atoms with Crippen LogP contribution in [0.1, 0.15) is 25.5 Å². The Kier molecular flexibility index (Phi) is 3.16. The van der Waals surface area contributed by atoms with Crippen LogP contribution < -0.4 is 10.6 Å². The van der Waals surface area contributed by atoms with Crippen LogP contribution in [-0.4, -0.2) is 29.3 Å². The Balaban J connectivity index is 2.03. The fraction of sp³-hybridized carbons (Fsp3) is 0.636. The predicted molar refractivity (Wildman–Crippen MR) is 60.8 cm³/mol. The number of aromatic nitrogens is 2. The molecule has 0 atom stereocenters. The molecule has 0 aromatic carbocycles. The minimum absolute atomic E-state index is 0.365. The van der Waals surface area contributed by atoms with Gasteiger partial charge in [-0.25, -0.2) is 0 Å². The van der Waals surface area contributed by atoms with Crippen LogP contribution in [0.4, 0.5) is 5.82 Å². The maximum atomic E-state index is 5.86. The van der Waals surface area contributed by atoms with Crippen LogP contribution in [0.3, 0.4) is 0 Å². The third-order valence-corrected chi connectivity index (χ3v) is 2.93. The van der Waals surface area contributed by atoms with E-state index in [2.05, 4.69) is 34.2 Å². The van der Waals surface area contributed by atoms with Gasteiger partial charge in [0.2, 0.25) is 0 Å². The Hall–Kier alpha value is -1.16. The van der Waals surface area contributed by atoms with Gasteiger partial charge in [0, 0.05) is 19.1 Å². The number of aryl methyl sites for hydroxylation is 1. The van der Waals surface area contributed by atoms with E-state index in [9.17, 15) is 0 Å². The van der Waals surface area contributed by atoms with Crippen LogP contribution >= 0.6 is 0 Å². The zero-order valence-electron chi connectivity index (χ0n) is 9.19. The van der Waals surface area contributed by atoms with Crippen LogP contribution in [0.2, 0.25) is 0 Å². The van der Waals surface area contributed by atoms with E-state index in [4.69, 9.17) is 5.73 Å². The van der Waals surface area contributed by atoms with Crippen molar-refractivity contribution in [2.45, 2.75) is 32.2 Å². The number of hydrogen-bond donors (Lipinski definition) is 1.